The average molecular weight is 328 g/mol. The number of carbonyl (C=O) groups excluding carboxylic acids is 1. The summed E-state index contributed by atoms with van der Waals surface area (Å²) in [5, 5.41) is 3.22. The third-order valence-electron chi connectivity index (χ3n) is 3.72. The maximum absolute atomic E-state index is 12.1. The Morgan fingerprint density at radius 1 is 1.13 bits per heavy atom. The Morgan fingerprint density at radius 3 is 2.30 bits per heavy atom. The maximum atomic E-state index is 12.1. The van der Waals surface area contributed by atoms with Crippen molar-refractivity contribution in [2.24, 2.45) is 0 Å². The Bertz CT molecular complexity index is 610. The molecule has 1 aromatic carbocycles. The predicted molar refractivity (Wildman–Crippen MR) is 74.8 cm³/mol. The molecule has 2 aliphatic heterocycles. The predicted octanol–water partition coefficient (Wildman–Crippen LogP) is 2.44. The van der Waals surface area contributed by atoms with E-state index in [4.69, 9.17) is 4.74 Å². The van der Waals surface area contributed by atoms with Gasteiger partial charge in [0, 0.05) is 26.2 Å². The van der Waals surface area contributed by atoms with Gasteiger partial charge in [-0.1, -0.05) is 12.1 Å². The molecule has 0 radical (unpaired) electrons. The third-order valence-corrected chi connectivity index (χ3v) is 3.72. The van der Waals surface area contributed by atoms with Gasteiger partial charge in [-0.05, 0) is 28.8 Å². The fourth-order valence-electron chi connectivity index (χ4n) is 2.62. The highest BCUT2D eigenvalue weighted by Gasteiger charge is 2.31. The molecule has 8 heteroatoms. The van der Waals surface area contributed by atoms with Crippen LogP contribution in [0.5, 0.6) is 5.75 Å². The zero-order valence-corrected chi connectivity index (χ0v) is 12.2. The highest BCUT2D eigenvalue weighted by molar-refractivity contribution is 5.69. The molecule has 2 aliphatic rings. The molecule has 1 N–H and O–H groups in total. The van der Waals surface area contributed by atoms with Crippen molar-refractivity contribution in [2.75, 3.05) is 26.2 Å². The van der Waals surface area contributed by atoms with Crippen LogP contribution < -0.4 is 10.1 Å². The summed E-state index contributed by atoms with van der Waals surface area (Å²) in [6, 6.07) is 5.24. The number of alkyl halides is 3. The van der Waals surface area contributed by atoms with Crippen LogP contribution in [-0.2, 0) is 11.3 Å². The first-order chi connectivity index (χ1) is 10.9. The molecule has 0 spiro atoms. The number of hydrogen-bond donors (Lipinski definition) is 1. The van der Waals surface area contributed by atoms with Crippen molar-refractivity contribution < 1.29 is 27.4 Å². The lowest BCUT2D eigenvalue weighted by Gasteiger charge is -2.18. The first kappa shape index (κ1) is 15.7. The minimum absolute atomic E-state index is 0.00451. The Morgan fingerprint density at radius 2 is 1.74 bits per heavy atom. The lowest BCUT2D eigenvalue weighted by molar-refractivity contribution is -0.274. The Hall–Kier alpha value is -2.22. The van der Waals surface area contributed by atoms with Gasteiger partial charge in [0.2, 0.25) is 0 Å². The second-order valence-corrected chi connectivity index (χ2v) is 5.41. The Balaban J connectivity index is 1.48. The summed E-state index contributed by atoms with van der Waals surface area (Å²) in [5.41, 5.74) is 3.06. The molecule has 1 aromatic rings. The zero-order valence-electron chi connectivity index (χ0n) is 12.2. The number of benzene rings is 1. The summed E-state index contributed by atoms with van der Waals surface area (Å²) in [6.07, 6.45) is -5.14. The van der Waals surface area contributed by atoms with E-state index in [0.29, 0.717) is 18.7 Å². The number of rotatable bonds is 3. The maximum Gasteiger partial charge on any atom is 0.573 e. The van der Waals surface area contributed by atoms with Crippen molar-refractivity contribution in [3.8, 4) is 5.75 Å². The van der Waals surface area contributed by atoms with Gasteiger partial charge in [0.25, 0.3) is 0 Å². The van der Waals surface area contributed by atoms with Crippen molar-refractivity contribution in [2.45, 2.75) is 13.0 Å². The van der Waals surface area contributed by atoms with Crippen LogP contribution in [0.4, 0.5) is 18.0 Å². The molecule has 1 amide bonds. The van der Waals surface area contributed by atoms with E-state index < -0.39 is 12.5 Å². The molecule has 0 unspecified atom stereocenters. The molecule has 0 fully saturated rings. The molecule has 0 saturated heterocycles. The van der Waals surface area contributed by atoms with Gasteiger partial charge in [-0.15, -0.1) is 13.2 Å². The summed E-state index contributed by atoms with van der Waals surface area (Å²) >= 11 is 0. The summed E-state index contributed by atoms with van der Waals surface area (Å²) in [4.78, 5) is 13.6. The summed E-state index contributed by atoms with van der Waals surface area (Å²) < 4.78 is 45.2. The van der Waals surface area contributed by atoms with E-state index in [1.165, 1.54) is 35.4 Å². The van der Waals surface area contributed by atoms with Gasteiger partial charge in [0.1, 0.15) is 12.4 Å². The topological polar surface area (TPSA) is 50.8 Å². The molecule has 3 rings (SSSR count). The van der Waals surface area contributed by atoms with Crippen molar-refractivity contribution in [1.29, 1.82) is 0 Å². The third kappa shape index (κ3) is 3.95. The van der Waals surface area contributed by atoms with Crippen molar-refractivity contribution in [3.63, 3.8) is 0 Å². The quantitative estimate of drug-likeness (QED) is 0.866. The van der Waals surface area contributed by atoms with Crippen LogP contribution >= 0.6 is 0 Å². The van der Waals surface area contributed by atoms with Crippen LogP contribution in [0.15, 0.2) is 35.4 Å². The molecule has 0 aliphatic carbocycles. The van der Waals surface area contributed by atoms with Crippen LogP contribution in [-0.4, -0.2) is 43.5 Å². The van der Waals surface area contributed by atoms with Crippen LogP contribution in [0.2, 0.25) is 0 Å². The standard InChI is InChI=1S/C15H15F3N2O3/c16-15(17,18)23-13-3-1-10(2-4-13)9-22-14(21)20-7-11-5-19-6-12(11)8-20/h1-4,19H,5-9H2. The Labute approximate surface area is 130 Å². The van der Waals surface area contributed by atoms with E-state index in [2.05, 4.69) is 10.1 Å². The van der Waals surface area contributed by atoms with E-state index in [9.17, 15) is 18.0 Å². The van der Waals surface area contributed by atoms with Gasteiger partial charge in [-0.25, -0.2) is 4.79 Å². The summed E-state index contributed by atoms with van der Waals surface area (Å²) in [7, 11) is 0. The van der Waals surface area contributed by atoms with Crippen molar-refractivity contribution in [1.82, 2.24) is 10.2 Å². The first-order valence-electron chi connectivity index (χ1n) is 7.07. The van der Waals surface area contributed by atoms with Gasteiger partial charge < -0.3 is 19.7 Å². The number of nitrogens with one attached hydrogen (secondary N) is 1. The highest BCUT2D eigenvalue weighted by Crippen LogP contribution is 2.24. The molecular formula is C15H15F3N2O3. The molecular weight excluding hydrogens is 313 g/mol. The molecule has 0 bridgehead atoms. The Kier molecular flexibility index (Phi) is 4.16. The van der Waals surface area contributed by atoms with E-state index >= 15 is 0 Å². The minimum Gasteiger partial charge on any atom is -0.445 e. The molecule has 0 aromatic heterocycles. The van der Waals surface area contributed by atoms with Crippen molar-refractivity contribution >= 4 is 6.09 Å². The van der Waals surface area contributed by atoms with Gasteiger partial charge in [-0.3, -0.25) is 0 Å². The second kappa shape index (κ2) is 6.11. The van der Waals surface area contributed by atoms with Gasteiger partial charge in [0.15, 0.2) is 0 Å². The first-order valence-corrected chi connectivity index (χ1v) is 7.07. The van der Waals surface area contributed by atoms with Gasteiger partial charge in [0.05, 0.1) is 0 Å². The largest absolute Gasteiger partial charge is 0.573 e. The summed E-state index contributed by atoms with van der Waals surface area (Å²) in [5.74, 6) is -0.305. The van der Waals surface area contributed by atoms with Gasteiger partial charge in [-0.2, -0.15) is 0 Å². The number of carbonyl (C=O) groups is 1. The van der Waals surface area contributed by atoms with Gasteiger partial charge >= 0.3 is 12.5 Å². The average Bonchev–Trinajstić information content (AvgIpc) is 3.05. The molecule has 0 atom stereocenters. The lowest BCUT2D eigenvalue weighted by atomic mass is 10.2. The number of amides is 1. The van der Waals surface area contributed by atoms with Crippen LogP contribution in [0, 0.1) is 0 Å². The van der Waals surface area contributed by atoms with E-state index in [0.717, 1.165) is 13.1 Å². The van der Waals surface area contributed by atoms with E-state index in [1.807, 2.05) is 0 Å². The molecule has 23 heavy (non-hydrogen) atoms. The molecule has 2 heterocycles. The minimum atomic E-state index is -4.72. The molecule has 0 saturated carbocycles. The number of halogens is 3. The SMILES string of the molecule is O=C(OCc1ccc(OC(F)(F)F)cc1)N1CC2=C(CNC2)C1. The lowest BCUT2D eigenvalue weighted by Crippen LogP contribution is -2.32. The smallest absolute Gasteiger partial charge is 0.445 e. The second-order valence-electron chi connectivity index (χ2n) is 5.41. The number of hydrogen-bond acceptors (Lipinski definition) is 4. The monoisotopic (exact) mass is 328 g/mol. The van der Waals surface area contributed by atoms with E-state index in [-0.39, 0.29) is 12.4 Å². The number of ether oxygens (including phenoxy) is 2. The summed E-state index contributed by atoms with van der Waals surface area (Å²) in [6.45, 7) is 2.75. The van der Waals surface area contributed by atoms with Crippen LogP contribution in [0.25, 0.3) is 0 Å². The van der Waals surface area contributed by atoms with Crippen LogP contribution in [0.1, 0.15) is 5.56 Å². The van der Waals surface area contributed by atoms with Crippen molar-refractivity contribution in [3.05, 3.63) is 41.0 Å². The fourth-order valence-corrected chi connectivity index (χ4v) is 2.62. The highest BCUT2D eigenvalue weighted by atomic mass is 19.4. The van der Waals surface area contributed by atoms with Crippen LogP contribution in [0.3, 0.4) is 0 Å². The zero-order chi connectivity index (χ0) is 16.4. The fraction of sp³-hybridized carbons (Fsp3) is 0.400. The normalized spacial score (nSPS) is 17.4. The molecule has 124 valence electrons. The number of nitrogens with zero attached hydrogens (tertiary/aromatic N) is 1. The molecule has 5 nitrogen and oxygen atoms in total. The van der Waals surface area contributed by atoms with E-state index in [1.54, 1.807) is 4.90 Å².